The van der Waals surface area contributed by atoms with E-state index in [4.69, 9.17) is 0 Å². The highest BCUT2D eigenvalue weighted by Crippen LogP contribution is 2.27. The van der Waals surface area contributed by atoms with Gasteiger partial charge in [0.05, 0.1) is 6.42 Å². The lowest BCUT2D eigenvalue weighted by molar-refractivity contribution is -0.159. The number of unbranched alkanes of at least 4 members (excludes halogenated alkanes) is 6. The Morgan fingerprint density at radius 1 is 1.12 bits per heavy atom. The summed E-state index contributed by atoms with van der Waals surface area (Å²) in [5.74, 6) is -1.38. The summed E-state index contributed by atoms with van der Waals surface area (Å²) in [5.41, 5.74) is -1.54. The number of cyclic esters (lactones) is 2. The van der Waals surface area contributed by atoms with Crippen LogP contribution in [0, 0.1) is 0 Å². The van der Waals surface area contributed by atoms with Crippen molar-refractivity contribution >= 4 is 11.9 Å². The van der Waals surface area contributed by atoms with Crippen LogP contribution in [0.25, 0.3) is 0 Å². The Morgan fingerprint density at radius 3 is 2.24 bits per heavy atom. The van der Waals surface area contributed by atoms with Gasteiger partial charge in [0, 0.05) is 0 Å². The molecule has 0 bridgehead atoms. The summed E-state index contributed by atoms with van der Waals surface area (Å²) in [6.07, 6.45) is 8.00. The second kappa shape index (κ2) is 6.74. The summed E-state index contributed by atoms with van der Waals surface area (Å²) in [5, 5.41) is 9.88. The first-order chi connectivity index (χ1) is 8.08. The van der Waals surface area contributed by atoms with Gasteiger partial charge < -0.3 is 9.84 Å². The summed E-state index contributed by atoms with van der Waals surface area (Å²) in [6.45, 7) is 2.18. The normalized spacial score (nSPS) is 24.1. The maximum Gasteiger partial charge on any atom is 0.346 e. The van der Waals surface area contributed by atoms with Crippen LogP contribution in [0.5, 0.6) is 0 Å². The van der Waals surface area contributed by atoms with Gasteiger partial charge in [-0.2, -0.15) is 0 Å². The summed E-state index contributed by atoms with van der Waals surface area (Å²) in [7, 11) is 0. The van der Waals surface area contributed by atoms with Crippen LogP contribution in [0.3, 0.4) is 0 Å². The maximum absolute atomic E-state index is 11.2. The molecule has 0 aromatic rings. The highest BCUT2D eigenvalue weighted by atomic mass is 16.6. The van der Waals surface area contributed by atoms with Crippen molar-refractivity contribution in [3.05, 3.63) is 0 Å². The second-order valence-corrected chi connectivity index (χ2v) is 4.84. The number of rotatable bonds is 8. The molecule has 17 heavy (non-hydrogen) atoms. The lowest BCUT2D eigenvalue weighted by Gasteiger charge is -2.15. The van der Waals surface area contributed by atoms with Gasteiger partial charge in [-0.3, -0.25) is 4.79 Å². The van der Waals surface area contributed by atoms with E-state index in [2.05, 4.69) is 11.7 Å². The number of carbonyl (C=O) groups excluding carboxylic acids is 2. The summed E-state index contributed by atoms with van der Waals surface area (Å²) in [6, 6.07) is 0. The molecule has 1 rings (SSSR count). The first-order valence-corrected chi connectivity index (χ1v) is 6.56. The van der Waals surface area contributed by atoms with Crippen LogP contribution < -0.4 is 0 Å². The summed E-state index contributed by atoms with van der Waals surface area (Å²) >= 11 is 0. The van der Waals surface area contributed by atoms with Crippen molar-refractivity contribution in [2.75, 3.05) is 0 Å². The monoisotopic (exact) mass is 242 g/mol. The smallest absolute Gasteiger partial charge is 0.346 e. The van der Waals surface area contributed by atoms with Gasteiger partial charge in [0.15, 0.2) is 5.60 Å². The van der Waals surface area contributed by atoms with E-state index in [1.165, 1.54) is 25.7 Å². The number of hydrogen-bond donors (Lipinski definition) is 1. The number of aliphatic hydroxyl groups is 1. The van der Waals surface area contributed by atoms with Gasteiger partial charge in [-0.25, -0.2) is 4.79 Å². The molecule has 1 aliphatic heterocycles. The molecular formula is C13H22O4. The average molecular weight is 242 g/mol. The summed E-state index contributed by atoms with van der Waals surface area (Å²) < 4.78 is 4.36. The third-order valence-electron chi connectivity index (χ3n) is 3.22. The van der Waals surface area contributed by atoms with Crippen molar-refractivity contribution in [1.29, 1.82) is 0 Å². The minimum atomic E-state index is -1.54. The highest BCUT2D eigenvalue weighted by molar-refractivity contribution is 5.99. The lowest BCUT2D eigenvalue weighted by Crippen LogP contribution is -2.33. The predicted molar refractivity (Wildman–Crippen MR) is 63.3 cm³/mol. The standard InChI is InChI=1S/C13H22O4/c1-2-3-4-5-6-7-8-9-13(16)10-11(14)17-12(13)15/h16H,2-10H2,1H3. The third kappa shape index (κ3) is 4.46. The molecule has 1 atom stereocenters. The molecule has 0 aromatic heterocycles. The number of esters is 2. The van der Waals surface area contributed by atoms with Gasteiger partial charge in [-0.1, -0.05) is 45.4 Å². The predicted octanol–water partition coefficient (Wildman–Crippen LogP) is 2.33. The van der Waals surface area contributed by atoms with Crippen LogP contribution in [0.1, 0.15) is 64.7 Å². The fourth-order valence-corrected chi connectivity index (χ4v) is 2.11. The second-order valence-electron chi connectivity index (χ2n) is 4.84. The van der Waals surface area contributed by atoms with Gasteiger partial charge in [-0.15, -0.1) is 0 Å². The minimum Gasteiger partial charge on any atom is -0.391 e. The molecule has 0 spiro atoms. The van der Waals surface area contributed by atoms with E-state index < -0.39 is 17.5 Å². The summed E-state index contributed by atoms with van der Waals surface area (Å²) in [4.78, 5) is 22.1. The number of hydrogen-bond acceptors (Lipinski definition) is 4. The fourth-order valence-electron chi connectivity index (χ4n) is 2.11. The molecule has 0 saturated carbocycles. The van der Waals surface area contributed by atoms with Crippen molar-refractivity contribution in [3.8, 4) is 0 Å². The largest absolute Gasteiger partial charge is 0.391 e. The van der Waals surface area contributed by atoms with Crippen molar-refractivity contribution in [3.63, 3.8) is 0 Å². The van der Waals surface area contributed by atoms with Crippen LogP contribution in [0.2, 0.25) is 0 Å². The van der Waals surface area contributed by atoms with Gasteiger partial charge in [0.25, 0.3) is 0 Å². The van der Waals surface area contributed by atoms with E-state index in [1.54, 1.807) is 0 Å². The molecule has 4 nitrogen and oxygen atoms in total. The molecule has 4 heteroatoms. The Labute approximate surface area is 102 Å². The Hall–Kier alpha value is -0.900. The fraction of sp³-hybridized carbons (Fsp3) is 0.846. The van der Waals surface area contributed by atoms with E-state index in [-0.39, 0.29) is 6.42 Å². The topological polar surface area (TPSA) is 63.6 Å². The molecule has 0 aromatic carbocycles. The number of carbonyl (C=O) groups is 2. The zero-order valence-electron chi connectivity index (χ0n) is 10.5. The molecule has 98 valence electrons. The molecule has 1 N–H and O–H groups in total. The number of ether oxygens (including phenoxy) is 1. The van der Waals surface area contributed by atoms with Crippen LogP contribution >= 0.6 is 0 Å². The Bertz CT molecular complexity index is 275. The third-order valence-corrected chi connectivity index (χ3v) is 3.22. The average Bonchev–Trinajstić information content (AvgIpc) is 2.52. The molecule has 0 amide bonds. The van der Waals surface area contributed by atoms with Crippen LogP contribution in [-0.4, -0.2) is 22.6 Å². The van der Waals surface area contributed by atoms with E-state index >= 15 is 0 Å². The molecule has 1 heterocycles. The van der Waals surface area contributed by atoms with E-state index in [0.717, 1.165) is 19.3 Å². The SMILES string of the molecule is CCCCCCCCCC1(O)CC(=O)OC1=O. The molecular weight excluding hydrogens is 220 g/mol. The molecule has 0 radical (unpaired) electrons. The molecule has 1 unspecified atom stereocenters. The van der Waals surface area contributed by atoms with Crippen LogP contribution in [-0.2, 0) is 14.3 Å². The van der Waals surface area contributed by atoms with E-state index in [9.17, 15) is 14.7 Å². The quantitative estimate of drug-likeness (QED) is 0.403. The maximum atomic E-state index is 11.2. The molecule has 1 fully saturated rings. The van der Waals surface area contributed by atoms with Crippen molar-refractivity contribution in [1.82, 2.24) is 0 Å². The van der Waals surface area contributed by atoms with Gasteiger partial charge in [0.1, 0.15) is 0 Å². The van der Waals surface area contributed by atoms with Crippen molar-refractivity contribution < 1.29 is 19.4 Å². The Balaban J connectivity index is 2.10. The van der Waals surface area contributed by atoms with Crippen LogP contribution in [0.4, 0.5) is 0 Å². The van der Waals surface area contributed by atoms with Gasteiger partial charge >= 0.3 is 11.9 Å². The zero-order valence-corrected chi connectivity index (χ0v) is 10.5. The molecule has 1 aliphatic rings. The van der Waals surface area contributed by atoms with E-state index in [1.807, 2.05) is 0 Å². The van der Waals surface area contributed by atoms with Gasteiger partial charge in [0.2, 0.25) is 0 Å². The molecule has 1 saturated heterocycles. The first-order valence-electron chi connectivity index (χ1n) is 6.56. The van der Waals surface area contributed by atoms with E-state index in [0.29, 0.717) is 6.42 Å². The lowest BCUT2D eigenvalue weighted by atomic mass is 9.94. The first kappa shape index (κ1) is 14.2. The Morgan fingerprint density at radius 2 is 1.71 bits per heavy atom. The van der Waals surface area contributed by atoms with Crippen molar-refractivity contribution in [2.45, 2.75) is 70.3 Å². The van der Waals surface area contributed by atoms with Gasteiger partial charge in [-0.05, 0) is 12.8 Å². The minimum absolute atomic E-state index is 0.179. The van der Waals surface area contributed by atoms with Crippen LogP contribution in [0.15, 0.2) is 0 Å². The Kier molecular flexibility index (Phi) is 5.62. The zero-order chi connectivity index (χ0) is 12.7. The highest BCUT2D eigenvalue weighted by Gasteiger charge is 2.46. The molecule has 0 aliphatic carbocycles. The van der Waals surface area contributed by atoms with Crippen molar-refractivity contribution in [2.24, 2.45) is 0 Å².